The van der Waals surface area contributed by atoms with Gasteiger partial charge in [0.1, 0.15) is 11.6 Å². The number of carbonyl (C=O) groups is 1. The number of nitrogens with zero attached hydrogens (tertiary/aromatic N) is 4. The molecule has 160 valence electrons. The number of benzene rings is 2. The van der Waals surface area contributed by atoms with Crippen LogP contribution < -0.4 is 10.2 Å². The fourth-order valence-electron chi connectivity index (χ4n) is 3.95. The van der Waals surface area contributed by atoms with Gasteiger partial charge in [-0.25, -0.2) is 14.8 Å². The molecular weight excluding hydrogens is 386 g/mol. The molecule has 1 N–H and O–H groups in total. The van der Waals surface area contributed by atoms with E-state index in [4.69, 9.17) is 4.98 Å². The highest BCUT2D eigenvalue weighted by Gasteiger charge is 2.25. The third kappa shape index (κ3) is 5.02. The smallest absolute Gasteiger partial charge is 0.321 e. The molecule has 1 saturated heterocycles. The van der Waals surface area contributed by atoms with Crippen molar-refractivity contribution < 1.29 is 4.79 Å². The number of urea groups is 1. The van der Waals surface area contributed by atoms with Crippen LogP contribution in [0.25, 0.3) is 0 Å². The molecule has 6 nitrogen and oxygen atoms in total. The number of amides is 2. The second-order valence-corrected chi connectivity index (χ2v) is 8.09. The van der Waals surface area contributed by atoms with Crippen molar-refractivity contribution in [2.24, 2.45) is 0 Å². The van der Waals surface area contributed by atoms with Crippen LogP contribution in [0.1, 0.15) is 28.2 Å². The Hall–Kier alpha value is -3.41. The molecule has 1 aromatic heterocycles. The normalized spacial score (nSPS) is 13.9. The first kappa shape index (κ1) is 20.8. The number of hydrogen-bond acceptors (Lipinski definition) is 4. The predicted molar refractivity (Wildman–Crippen MR) is 125 cm³/mol. The Morgan fingerprint density at radius 1 is 0.903 bits per heavy atom. The lowest BCUT2D eigenvalue weighted by Gasteiger charge is -2.36. The van der Waals surface area contributed by atoms with Crippen LogP contribution in [0.2, 0.25) is 0 Å². The van der Waals surface area contributed by atoms with Crippen LogP contribution >= 0.6 is 0 Å². The molecule has 4 rings (SSSR count). The summed E-state index contributed by atoms with van der Waals surface area (Å²) in [4.78, 5) is 26.2. The minimum atomic E-state index is -0.0527. The van der Waals surface area contributed by atoms with Gasteiger partial charge in [0.2, 0.25) is 0 Å². The standard InChI is InChI=1S/C25H29N5O/c1-18-9-11-22(12-10-18)28-25(31)30-15-13-29(14-16-30)24-23(19(2)26-20(3)27-24)17-21-7-5-4-6-8-21/h4-12H,13-17H2,1-3H3,(H,28,31). The van der Waals surface area contributed by atoms with E-state index < -0.39 is 0 Å². The van der Waals surface area contributed by atoms with Gasteiger partial charge in [0, 0.05) is 49.5 Å². The van der Waals surface area contributed by atoms with E-state index in [1.807, 2.05) is 49.1 Å². The molecule has 0 bridgehead atoms. The molecule has 0 unspecified atom stereocenters. The number of hydrogen-bond donors (Lipinski definition) is 1. The van der Waals surface area contributed by atoms with Crippen molar-refractivity contribution in [3.63, 3.8) is 0 Å². The Kier molecular flexibility index (Phi) is 6.16. The van der Waals surface area contributed by atoms with Gasteiger partial charge in [0.05, 0.1) is 0 Å². The van der Waals surface area contributed by atoms with Crippen LogP contribution in [-0.4, -0.2) is 47.1 Å². The number of rotatable bonds is 4. The summed E-state index contributed by atoms with van der Waals surface area (Å²) < 4.78 is 0. The molecule has 0 radical (unpaired) electrons. The molecule has 2 heterocycles. The van der Waals surface area contributed by atoms with E-state index in [1.165, 1.54) is 11.1 Å². The minimum Gasteiger partial charge on any atom is -0.353 e. The average molecular weight is 416 g/mol. The van der Waals surface area contributed by atoms with Gasteiger partial charge in [-0.3, -0.25) is 0 Å². The van der Waals surface area contributed by atoms with Gasteiger partial charge < -0.3 is 15.1 Å². The molecule has 31 heavy (non-hydrogen) atoms. The summed E-state index contributed by atoms with van der Waals surface area (Å²) in [6.45, 7) is 8.84. The molecule has 1 aliphatic rings. The average Bonchev–Trinajstić information content (AvgIpc) is 2.78. The number of aryl methyl sites for hydroxylation is 3. The second-order valence-electron chi connectivity index (χ2n) is 8.09. The summed E-state index contributed by atoms with van der Waals surface area (Å²) in [6.07, 6.45) is 0.802. The van der Waals surface area contributed by atoms with Gasteiger partial charge in [-0.05, 0) is 38.5 Å². The molecule has 0 aliphatic carbocycles. The molecular formula is C25H29N5O. The highest BCUT2D eigenvalue weighted by atomic mass is 16.2. The number of nitrogens with one attached hydrogen (secondary N) is 1. The van der Waals surface area contributed by atoms with Crippen LogP contribution in [0.15, 0.2) is 54.6 Å². The summed E-state index contributed by atoms with van der Waals surface area (Å²) in [6, 6.07) is 18.2. The Bertz CT molecular complexity index is 1040. The maximum Gasteiger partial charge on any atom is 0.321 e. The Balaban J connectivity index is 1.45. The maximum absolute atomic E-state index is 12.7. The maximum atomic E-state index is 12.7. The summed E-state index contributed by atoms with van der Waals surface area (Å²) in [7, 11) is 0. The van der Waals surface area contributed by atoms with E-state index in [0.29, 0.717) is 13.1 Å². The SMILES string of the molecule is Cc1ccc(NC(=O)N2CCN(c3nc(C)nc(C)c3Cc3ccccc3)CC2)cc1. The van der Waals surface area contributed by atoms with E-state index >= 15 is 0 Å². The van der Waals surface area contributed by atoms with Crippen molar-refractivity contribution in [2.45, 2.75) is 27.2 Å². The van der Waals surface area contributed by atoms with E-state index in [9.17, 15) is 4.79 Å². The summed E-state index contributed by atoms with van der Waals surface area (Å²) >= 11 is 0. The van der Waals surface area contributed by atoms with Gasteiger partial charge in [-0.2, -0.15) is 0 Å². The first-order chi connectivity index (χ1) is 15.0. The fourth-order valence-corrected chi connectivity index (χ4v) is 3.95. The summed E-state index contributed by atoms with van der Waals surface area (Å²) in [5.74, 6) is 1.77. The molecule has 3 aromatic rings. The lowest BCUT2D eigenvalue weighted by atomic mass is 10.0. The minimum absolute atomic E-state index is 0.0527. The molecule has 0 spiro atoms. The molecule has 2 aromatic carbocycles. The topological polar surface area (TPSA) is 61.4 Å². The van der Waals surface area contributed by atoms with E-state index in [1.54, 1.807) is 0 Å². The second kappa shape index (κ2) is 9.16. The van der Waals surface area contributed by atoms with E-state index in [-0.39, 0.29) is 6.03 Å². The van der Waals surface area contributed by atoms with Crippen molar-refractivity contribution >= 4 is 17.5 Å². The van der Waals surface area contributed by atoms with Crippen molar-refractivity contribution in [3.05, 3.63) is 82.8 Å². The lowest BCUT2D eigenvalue weighted by molar-refractivity contribution is 0.208. The van der Waals surface area contributed by atoms with Crippen molar-refractivity contribution in [3.8, 4) is 0 Å². The molecule has 1 fully saturated rings. The molecule has 6 heteroatoms. The van der Waals surface area contributed by atoms with Crippen molar-refractivity contribution in [1.29, 1.82) is 0 Å². The highest BCUT2D eigenvalue weighted by molar-refractivity contribution is 5.89. The lowest BCUT2D eigenvalue weighted by Crippen LogP contribution is -2.50. The van der Waals surface area contributed by atoms with Crippen LogP contribution in [0, 0.1) is 20.8 Å². The van der Waals surface area contributed by atoms with Gasteiger partial charge in [-0.15, -0.1) is 0 Å². The van der Waals surface area contributed by atoms with Gasteiger partial charge in [0.25, 0.3) is 0 Å². The zero-order valence-electron chi connectivity index (χ0n) is 18.4. The first-order valence-corrected chi connectivity index (χ1v) is 10.7. The van der Waals surface area contributed by atoms with Crippen LogP contribution in [0.4, 0.5) is 16.3 Å². The quantitative estimate of drug-likeness (QED) is 0.688. The predicted octanol–water partition coefficient (Wildman–Crippen LogP) is 4.35. The molecule has 2 amide bonds. The number of aromatic nitrogens is 2. The van der Waals surface area contributed by atoms with Crippen LogP contribution in [-0.2, 0) is 6.42 Å². The van der Waals surface area contributed by atoms with Crippen LogP contribution in [0.3, 0.4) is 0 Å². The number of carbonyl (C=O) groups excluding carboxylic acids is 1. The molecule has 0 atom stereocenters. The third-order valence-corrected chi connectivity index (χ3v) is 5.70. The van der Waals surface area contributed by atoms with Gasteiger partial charge in [-0.1, -0.05) is 48.0 Å². The van der Waals surface area contributed by atoms with Crippen LogP contribution in [0.5, 0.6) is 0 Å². The molecule has 1 aliphatic heterocycles. The first-order valence-electron chi connectivity index (χ1n) is 10.7. The highest BCUT2D eigenvalue weighted by Crippen LogP contribution is 2.25. The van der Waals surface area contributed by atoms with Gasteiger partial charge in [0.15, 0.2) is 0 Å². The Labute approximate surface area is 183 Å². The summed E-state index contributed by atoms with van der Waals surface area (Å²) in [5, 5.41) is 3.00. The fraction of sp³-hybridized carbons (Fsp3) is 0.320. The number of anilines is 2. The largest absolute Gasteiger partial charge is 0.353 e. The molecule has 0 saturated carbocycles. The third-order valence-electron chi connectivity index (χ3n) is 5.70. The monoisotopic (exact) mass is 415 g/mol. The zero-order chi connectivity index (χ0) is 21.8. The summed E-state index contributed by atoms with van der Waals surface area (Å²) in [5.41, 5.74) is 5.43. The van der Waals surface area contributed by atoms with Crippen molar-refractivity contribution in [1.82, 2.24) is 14.9 Å². The van der Waals surface area contributed by atoms with Crippen molar-refractivity contribution in [2.75, 3.05) is 36.4 Å². The van der Waals surface area contributed by atoms with Gasteiger partial charge >= 0.3 is 6.03 Å². The zero-order valence-corrected chi connectivity index (χ0v) is 18.4. The van der Waals surface area contributed by atoms with E-state index in [2.05, 4.69) is 46.4 Å². The number of piperazine rings is 1. The Morgan fingerprint density at radius 3 is 2.26 bits per heavy atom. The Morgan fingerprint density at radius 2 is 1.58 bits per heavy atom. The van der Waals surface area contributed by atoms with E-state index in [0.717, 1.165) is 48.1 Å².